The van der Waals surface area contributed by atoms with Crippen molar-refractivity contribution in [3.63, 3.8) is 0 Å². The first-order valence-corrected chi connectivity index (χ1v) is 7.25. The largest absolute Gasteiger partial charge is 0.398 e. The molecule has 2 N–H and O–H groups in total. The fourth-order valence-corrected chi connectivity index (χ4v) is 2.76. The minimum absolute atomic E-state index is 0.721. The summed E-state index contributed by atoms with van der Waals surface area (Å²) in [6.07, 6.45) is 0. The van der Waals surface area contributed by atoms with E-state index in [1.165, 1.54) is 0 Å². The number of nitrogens with two attached hydrogens (primary N) is 1. The van der Waals surface area contributed by atoms with Gasteiger partial charge in [0.15, 0.2) is 0 Å². The van der Waals surface area contributed by atoms with Crippen LogP contribution in [0.3, 0.4) is 0 Å². The van der Waals surface area contributed by atoms with E-state index in [-0.39, 0.29) is 0 Å². The predicted octanol–water partition coefficient (Wildman–Crippen LogP) is 5.56. The van der Waals surface area contributed by atoms with E-state index in [1.54, 1.807) is 0 Å². The Morgan fingerprint density at radius 2 is 1.24 bits per heavy atom. The molecule has 3 rings (SSSR count). The summed E-state index contributed by atoms with van der Waals surface area (Å²) in [5, 5.41) is 0.721. The van der Waals surface area contributed by atoms with Crippen molar-refractivity contribution in [1.82, 2.24) is 0 Å². The Balaban J connectivity index is 2.26. The van der Waals surface area contributed by atoms with Gasteiger partial charge < -0.3 is 5.73 Å². The average Bonchev–Trinajstić information content (AvgIpc) is 2.55. The monoisotopic (exact) mass is 293 g/mol. The number of rotatable bonds is 2. The van der Waals surface area contributed by atoms with Crippen LogP contribution in [0.25, 0.3) is 22.3 Å². The lowest BCUT2D eigenvalue weighted by Crippen LogP contribution is -1.97. The van der Waals surface area contributed by atoms with E-state index in [0.29, 0.717) is 0 Å². The topological polar surface area (TPSA) is 26.0 Å². The molecule has 0 bridgehead atoms. The Morgan fingerprint density at radius 3 is 1.76 bits per heavy atom. The molecule has 0 saturated heterocycles. The molecule has 0 atom stereocenters. The maximum absolute atomic E-state index is 6.51. The Bertz CT molecular complexity index is 701. The van der Waals surface area contributed by atoms with Gasteiger partial charge in [0.05, 0.1) is 5.02 Å². The fraction of sp³-hybridized carbons (Fsp3) is 0.0526. The summed E-state index contributed by atoms with van der Waals surface area (Å²) >= 11 is 6.51. The molecule has 0 heterocycles. The number of anilines is 1. The highest BCUT2D eigenvalue weighted by molar-refractivity contribution is 6.34. The third-order valence-electron chi connectivity index (χ3n) is 3.72. The van der Waals surface area contributed by atoms with Gasteiger partial charge in [0.25, 0.3) is 0 Å². The van der Waals surface area contributed by atoms with E-state index < -0.39 is 0 Å². The molecular formula is C19H16ClN. The first-order valence-electron chi connectivity index (χ1n) is 6.88. The van der Waals surface area contributed by atoms with Crippen molar-refractivity contribution in [3.8, 4) is 22.3 Å². The molecule has 0 aromatic heterocycles. The second-order valence-electron chi connectivity index (χ2n) is 5.06. The maximum atomic E-state index is 6.51. The highest BCUT2D eigenvalue weighted by Crippen LogP contribution is 2.39. The fourth-order valence-electron chi connectivity index (χ4n) is 2.49. The SMILES string of the molecule is Cc1c(N)c(-c2ccccc2)cc(-c2ccccc2)c1Cl. The van der Waals surface area contributed by atoms with Gasteiger partial charge in [-0.05, 0) is 29.7 Å². The highest BCUT2D eigenvalue weighted by atomic mass is 35.5. The summed E-state index contributed by atoms with van der Waals surface area (Å²) in [6.45, 7) is 1.97. The highest BCUT2D eigenvalue weighted by Gasteiger charge is 2.14. The Morgan fingerprint density at radius 1 is 0.762 bits per heavy atom. The Labute approximate surface area is 130 Å². The minimum Gasteiger partial charge on any atom is -0.398 e. The van der Waals surface area contributed by atoms with Crippen molar-refractivity contribution in [3.05, 3.63) is 77.3 Å². The summed E-state index contributed by atoms with van der Waals surface area (Å²) in [4.78, 5) is 0. The van der Waals surface area contributed by atoms with Crippen molar-refractivity contribution in [1.29, 1.82) is 0 Å². The van der Waals surface area contributed by atoms with Gasteiger partial charge in [-0.15, -0.1) is 0 Å². The molecule has 0 radical (unpaired) electrons. The summed E-state index contributed by atoms with van der Waals surface area (Å²) < 4.78 is 0. The molecule has 0 saturated carbocycles. The van der Waals surface area contributed by atoms with Gasteiger partial charge in [-0.25, -0.2) is 0 Å². The molecule has 0 fully saturated rings. The molecule has 3 aromatic rings. The van der Waals surface area contributed by atoms with E-state index in [9.17, 15) is 0 Å². The van der Waals surface area contributed by atoms with Crippen molar-refractivity contribution < 1.29 is 0 Å². The lowest BCUT2D eigenvalue weighted by atomic mass is 9.94. The Hall–Kier alpha value is -2.25. The lowest BCUT2D eigenvalue weighted by Gasteiger charge is -2.15. The second kappa shape index (κ2) is 5.63. The molecule has 0 unspecified atom stereocenters. The van der Waals surface area contributed by atoms with Gasteiger partial charge >= 0.3 is 0 Å². The molecule has 0 spiro atoms. The normalized spacial score (nSPS) is 10.6. The van der Waals surface area contributed by atoms with E-state index in [0.717, 1.165) is 38.5 Å². The molecule has 0 aliphatic heterocycles. The first-order chi connectivity index (χ1) is 10.2. The van der Waals surface area contributed by atoms with Crippen LogP contribution in [0, 0.1) is 6.92 Å². The standard InChI is InChI=1S/C19H16ClN/c1-13-18(20)16(14-8-4-2-5-9-14)12-17(19(13)21)15-10-6-3-7-11-15/h2-12H,21H2,1H3. The van der Waals surface area contributed by atoms with Gasteiger partial charge in [-0.2, -0.15) is 0 Å². The van der Waals surface area contributed by atoms with Crippen LogP contribution in [0.5, 0.6) is 0 Å². The summed E-state index contributed by atoms with van der Waals surface area (Å²) in [5.74, 6) is 0. The van der Waals surface area contributed by atoms with Crippen molar-refractivity contribution in [2.75, 3.05) is 5.73 Å². The molecule has 0 aliphatic carbocycles. The number of nitrogen functional groups attached to an aromatic ring is 1. The number of hydrogen-bond donors (Lipinski definition) is 1. The quantitative estimate of drug-likeness (QED) is 0.615. The van der Waals surface area contributed by atoms with Crippen LogP contribution in [0.1, 0.15) is 5.56 Å². The number of benzene rings is 3. The number of hydrogen-bond acceptors (Lipinski definition) is 1. The zero-order valence-corrected chi connectivity index (χ0v) is 12.6. The van der Waals surface area contributed by atoms with Crippen LogP contribution in [0.2, 0.25) is 5.02 Å². The zero-order chi connectivity index (χ0) is 14.8. The van der Waals surface area contributed by atoms with Crippen LogP contribution < -0.4 is 5.73 Å². The van der Waals surface area contributed by atoms with Gasteiger partial charge in [-0.3, -0.25) is 0 Å². The van der Waals surface area contributed by atoms with Crippen molar-refractivity contribution >= 4 is 17.3 Å². The molecule has 21 heavy (non-hydrogen) atoms. The van der Waals surface area contributed by atoms with Crippen LogP contribution >= 0.6 is 11.6 Å². The van der Waals surface area contributed by atoms with Crippen LogP contribution in [-0.4, -0.2) is 0 Å². The van der Waals surface area contributed by atoms with Crippen molar-refractivity contribution in [2.45, 2.75) is 6.92 Å². The summed E-state index contributed by atoms with van der Waals surface area (Å²) in [5.41, 5.74) is 12.2. The van der Waals surface area contributed by atoms with Crippen LogP contribution in [-0.2, 0) is 0 Å². The maximum Gasteiger partial charge on any atom is 0.0534 e. The van der Waals surface area contributed by atoms with Gasteiger partial charge in [0, 0.05) is 16.8 Å². The first kappa shape index (κ1) is 13.7. The molecular weight excluding hydrogens is 278 g/mol. The predicted molar refractivity (Wildman–Crippen MR) is 91.5 cm³/mol. The third-order valence-corrected chi connectivity index (χ3v) is 4.21. The average molecular weight is 294 g/mol. The zero-order valence-electron chi connectivity index (χ0n) is 11.8. The molecule has 3 aromatic carbocycles. The van der Waals surface area contributed by atoms with Crippen LogP contribution in [0.4, 0.5) is 5.69 Å². The van der Waals surface area contributed by atoms with E-state index in [4.69, 9.17) is 17.3 Å². The van der Waals surface area contributed by atoms with Crippen LogP contribution in [0.15, 0.2) is 66.7 Å². The van der Waals surface area contributed by atoms with E-state index in [2.05, 4.69) is 30.3 Å². The van der Waals surface area contributed by atoms with Gasteiger partial charge in [-0.1, -0.05) is 72.3 Å². The lowest BCUT2D eigenvalue weighted by molar-refractivity contribution is 1.46. The smallest absolute Gasteiger partial charge is 0.0534 e. The molecule has 2 heteroatoms. The van der Waals surface area contributed by atoms with Gasteiger partial charge in [0.2, 0.25) is 0 Å². The summed E-state index contributed by atoms with van der Waals surface area (Å²) in [6, 6.07) is 22.4. The third kappa shape index (κ3) is 2.53. The number of halogens is 1. The van der Waals surface area contributed by atoms with Gasteiger partial charge in [0.1, 0.15) is 0 Å². The minimum atomic E-state index is 0.721. The summed E-state index contributed by atoms with van der Waals surface area (Å²) in [7, 11) is 0. The molecule has 0 amide bonds. The second-order valence-corrected chi connectivity index (χ2v) is 5.43. The van der Waals surface area contributed by atoms with E-state index >= 15 is 0 Å². The van der Waals surface area contributed by atoms with E-state index in [1.807, 2.05) is 43.3 Å². The molecule has 1 nitrogen and oxygen atoms in total. The van der Waals surface area contributed by atoms with Crippen molar-refractivity contribution in [2.24, 2.45) is 0 Å². The molecule has 0 aliphatic rings. The molecule has 104 valence electrons. The Kier molecular flexibility index (Phi) is 3.68.